The van der Waals surface area contributed by atoms with E-state index in [0.717, 1.165) is 12.8 Å². The van der Waals surface area contributed by atoms with Crippen LogP contribution in [0.1, 0.15) is 19.3 Å². The van der Waals surface area contributed by atoms with Gasteiger partial charge in [0.05, 0.1) is 0 Å². The van der Waals surface area contributed by atoms with E-state index in [1.807, 2.05) is 0 Å². The fourth-order valence-corrected chi connectivity index (χ4v) is 3.50. The number of halogens is 1. The third-order valence-electron chi connectivity index (χ3n) is 2.10. The summed E-state index contributed by atoms with van der Waals surface area (Å²) < 4.78 is 5.49. The summed E-state index contributed by atoms with van der Waals surface area (Å²) in [5.74, 6) is 0.369. The van der Waals surface area contributed by atoms with E-state index in [2.05, 4.69) is 4.93 Å². The number of hydrogen-bond donors (Lipinski definition) is 0. The number of ether oxygens (including phenoxy) is 1. The van der Waals surface area contributed by atoms with Crippen LogP contribution in [0.4, 0.5) is 0 Å². The molecule has 1 rings (SSSR count). The van der Waals surface area contributed by atoms with Crippen LogP contribution in [0.2, 0.25) is 0 Å². The second-order valence-corrected chi connectivity index (χ2v) is 5.49. The molecule has 0 aromatic carbocycles. The monoisotopic (exact) mass is 269 g/mol. The summed E-state index contributed by atoms with van der Waals surface area (Å²) in [4.78, 5) is 13.7. The van der Waals surface area contributed by atoms with Crippen molar-refractivity contribution >= 4 is 5.78 Å². The van der Waals surface area contributed by atoms with Crippen LogP contribution < -0.4 is 21.2 Å². The summed E-state index contributed by atoms with van der Waals surface area (Å²) in [6.45, 7) is 0. The molecular weight excluding hydrogens is 255 g/mol. The molecule has 11 heavy (non-hydrogen) atoms. The average molecular weight is 269 g/mol. The molecule has 0 radical (unpaired) electrons. The standard InChI is InChI=1S/C8H14IO2/c1-9-6-4-3-5-7(11-2)8(6)10/h6-7H,3-5H2,1-2H3/q-1. The normalized spacial score (nSPS) is 32.7. The van der Waals surface area contributed by atoms with Crippen LogP contribution in [0.25, 0.3) is 0 Å². The number of ketones is 1. The fourth-order valence-electron chi connectivity index (χ4n) is 1.42. The van der Waals surface area contributed by atoms with Gasteiger partial charge in [-0.15, -0.1) is 0 Å². The van der Waals surface area contributed by atoms with E-state index in [9.17, 15) is 4.79 Å². The molecule has 2 nitrogen and oxygen atoms in total. The van der Waals surface area contributed by atoms with Crippen molar-refractivity contribution < 1.29 is 30.7 Å². The summed E-state index contributed by atoms with van der Waals surface area (Å²) >= 11 is 0.0832. The van der Waals surface area contributed by atoms with Gasteiger partial charge in [0.15, 0.2) is 0 Å². The molecule has 2 atom stereocenters. The van der Waals surface area contributed by atoms with Crippen molar-refractivity contribution in [1.29, 1.82) is 0 Å². The van der Waals surface area contributed by atoms with E-state index in [1.54, 1.807) is 7.11 Å². The maximum absolute atomic E-state index is 11.5. The number of methoxy groups -OCH3 is 1. The van der Waals surface area contributed by atoms with Crippen LogP contribution in [0.3, 0.4) is 0 Å². The number of hydrogen-bond acceptors (Lipinski definition) is 2. The molecule has 2 unspecified atom stereocenters. The van der Waals surface area contributed by atoms with Gasteiger partial charge in [-0.25, -0.2) is 0 Å². The average Bonchev–Trinajstić information content (AvgIpc) is 2.05. The maximum atomic E-state index is 11.5. The first-order valence-electron chi connectivity index (χ1n) is 3.84. The van der Waals surface area contributed by atoms with E-state index in [0.29, 0.717) is 9.71 Å². The Balaban J connectivity index is 2.52. The molecule has 0 N–H and O–H groups in total. The summed E-state index contributed by atoms with van der Waals surface area (Å²) in [6.07, 6.45) is 3.15. The van der Waals surface area contributed by atoms with Crippen LogP contribution in [-0.4, -0.2) is 27.9 Å². The van der Waals surface area contributed by atoms with E-state index in [1.165, 1.54) is 6.42 Å². The van der Waals surface area contributed by atoms with Crippen molar-refractivity contribution in [3.63, 3.8) is 0 Å². The van der Waals surface area contributed by atoms with Crippen molar-refractivity contribution in [2.75, 3.05) is 12.0 Å². The van der Waals surface area contributed by atoms with Gasteiger partial charge in [0.1, 0.15) is 0 Å². The molecule has 1 aliphatic rings. The van der Waals surface area contributed by atoms with Gasteiger partial charge in [-0.1, -0.05) is 0 Å². The minimum atomic E-state index is -0.0756. The molecule has 0 aromatic heterocycles. The molecule has 1 aliphatic carbocycles. The minimum absolute atomic E-state index is 0.0756. The zero-order chi connectivity index (χ0) is 8.27. The summed E-state index contributed by atoms with van der Waals surface area (Å²) in [5.41, 5.74) is 0. The summed E-state index contributed by atoms with van der Waals surface area (Å²) in [5, 5.41) is 0. The van der Waals surface area contributed by atoms with Gasteiger partial charge >= 0.3 is 77.9 Å². The molecule has 0 aliphatic heterocycles. The molecule has 0 aromatic rings. The molecule has 66 valence electrons. The van der Waals surface area contributed by atoms with Gasteiger partial charge in [-0.2, -0.15) is 0 Å². The number of carbonyl (C=O) groups is 1. The molecule has 1 fully saturated rings. The zero-order valence-corrected chi connectivity index (χ0v) is 9.13. The summed E-state index contributed by atoms with van der Waals surface area (Å²) in [6, 6.07) is 0. The first-order valence-corrected chi connectivity index (χ1v) is 7.24. The molecule has 0 spiro atoms. The number of carbonyl (C=O) groups excluding carboxylic acids is 1. The van der Waals surface area contributed by atoms with Gasteiger partial charge in [0, 0.05) is 0 Å². The first-order chi connectivity index (χ1) is 5.29. The Hall–Kier alpha value is 0.360. The number of alkyl halides is 2. The van der Waals surface area contributed by atoms with E-state index in [4.69, 9.17) is 4.74 Å². The zero-order valence-electron chi connectivity index (χ0n) is 6.97. The van der Waals surface area contributed by atoms with Crippen molar-refractivity contribution in [1.82, 2.24) is 0 Å². The topological polar surface area (TPSA) is 26.3 Å². The molecule has 0 bridgehead atoms. The quantitative estimate of drug-likeness (QED) is 0.422. The predicted molar refractivity (Wildman–Crippen MR) is 39.4 cm³/mol. The third kappa shape index (κ3) is 2.15. The molecule has 0 heterocycles. The predicted octanol–water partition coefficient (Wildman–Crippen LogP) is -2.16. The Kier molecular flexibility index (Phi) is 3.78. The number of rotatable bonds is 2. The van der Waals surface area contributed by atoms with Crippen molar-refractivity contribution in [3.05, 3.63) is 0 Å². The fraction of sp³-hybridized carbons (Fsp3) is 0.875. The molecular formula is C8H14IO2-. The first kappa shape index (κ1) is 9.45. The summed E-state index contributed by atoms with van der Waals surface area (Å²) in [7, 11) is 1.64. The Morgan fingerprint density at radius 1 is 1.55 bits per heavy atom. The van der Waals surface area contributed by atoms with Crippen LogP contribution in [0.15, 0.2) is 0 Å². The van der Waals surface area contributed by atoms with Crippen LogP contribution in [0.5, 0.6) is 0 Å². The molecule has 3 heteroatoms. The van der Waals surface area contributed by atoms with Crippen LogP contribution >= 0.6 is 0 Å². The van der Waals surface area contributed by atoms with Crippen molar-refractivity contribution in [2.24, 2.45) is 0 Å². The van der Waals surface area contributed by atoms with Crippen LogP contribution in [0, 0.1) is 0 Å². The molecule has 1 saturated carbocycles. The van der Waals surface area contributed by atoms with Crippen LogP contribution in [-0.2, 0) is 9.53 Å². The molecule has 0 amide bonds. The van der Waals surface area contributed by atoms with E-state index >= 15 is 0 Å². The Bertz CT molecular complexity index is 133. The Morgan fingerprint density at radius 3 is 2.82 bits per heavy atom. The molecule has 0 saturated heterocycles. The Morgan fingerprint density at radius 2 is 2.27 bits per heavy atom. The number of Topliss-reactive ketones (excluding diaryl/α,β-unsaturated/α-hetero) is 1. The van der Waals surface area contributed by atoms with E-state index in [-0.39, 0.29) is 27.3 Å². The van der Waals surface area contributed by atoms with Gasteiger partial charge in [-0.3, -0.25) is 0 Å². The SMILES string of the molecule is COC1CCCC([I-]C)C1=O. The Labute approximate surface area is 77.9 Å². The third-order valence-corrected chi connectivity index (χ3v) is 4.84. The van der Waals surface area contributed by atoms with Gasteiger partial charge < -0.3 is 0 Å². The van der Waals surface area contributed by atoms with Crippen molar-refractivity contribution in [2.45, 2.75) is 29.3 Å². The second-order valence-electron chi connectivity index (χ2n) is 2.74. The van der Waals surface area contributed by atoms with Gasteiger partial charge in [0.25, 0.3) is 0 Å². The van der Waals surface area contributed by atoms with Crippen molar-refractivity contribution in [3.8, 4) is 0 Å². The van der Waals surface area contributed by atoms with E-state index < -0.39 is 0 Å². The second kappa shape index (κ2) is 4.40. The van der Waals surface area contributed by atoms with Gasteiger partial charge in [-0.05, 0) is 0 Å². The van der Waals surface area contributed by atoms with Gasteiger partial charge in [0.2, 0.25) is 0 Å².